The number of benzene rings is 1. The predicted molar refractivity (Wildman–Crippen MR) is 74.4 cm³/mol. The molecule has 102 valence electrons. The second-order valence-electron chi connectivity index (χ2n) is 4.93. The van der Waals surface area contributed by atoms with Crippen molar-refractivity contribution in [3.05, 3.63) is 29.6 Å². The van der Waals surface area contributed by atoms with E-state index in [4.69, 9.17) is 5.11 Å². The summed E-state index contributed by atoms with van der Waals surface area (Å²) < 4.78 is 2.17. The van der Waals surface area contributed by atoms with Crippen LogP contribution >= 0.6 is 0 Å². The van der Waals surface area contributed by atoms with Crippen molar-refractivity contribution >= 4 is 17.0 Å². The Labute approximate surface area is 112 Å². The van der Waals surface area contributed by atoms with Gasteiger partial charge < -0.3 is 14.6 Å². The maximum atomic E-state index is 11.0. The van der Waals surface area contributed by atoms with Crippen LogP contribution in [0, 0.1) is 0 Å². The van der Waals surface area contributed by atoms with E-state index in [-0.39, 0.29) is 5.56 Å². The van der Waals surface area contributed by atoms with Gasteiger partial charge in [-0.2, -0.15) is 0 Å². The molecule has 0 aliphatic rings. The molecular weight excluding hydrogens is 242 g/mol. The van der Waals surface area contributed by atoms with Gasteiger partial charge >= 0.3 is 5.97 Å². The second-order valence-corrected chi connectivity index (χ2v) is 4.93. The number of aromatic nitrogens is 2. The van der Waals surface area contributed by atoms with E-state index in [2.05, 4.69) is 21.4 Å². The fraction of sp³-hybridized carbons (Fsp3) is 0.429. The minimum atomic E-state index is -0.916. The smallest absolute Gasteiger partial charge is 0.335 e. The van der Waals surface area contributed by atoms with Crippen molar-refractivity contribution in [2.24, 2.45) is 0 Å². The number of aromatic carboxylic acids is 1. The van der Waals surface area contributed by atoms with Gasteiger partial charge in [-0.1, -0.05) is 6.92 Å². The van der Waals surface area contributed by atoms with Gasteiger partial charge in [-0.15, -0.1) is 0 Å². The lowest BCUT2D eigenvalue weighted by Crippen LogP contribution is -2.15. The van der Waals surface area contributed by atoms with Gasteiger partial charge in [-0.05, 0) is 38.7 Å². The van der Waals surface area contributed by atoms with Gasteiger partial charge in [-0.25, -0.2) is 9.78 Å². The molecule has 0 aliphatic heterocycles. The number of carbonyl (C=O) groups is 1. The molecule has 1 heterocycles. The number of carboxylic acids is 1. The van der Waals surface area contributed by atoms with E-state index in [1.807, 2.05) is 20.2 Å². The van der Waals surface area contributed by atoms with Crippen molar-refractivity contribution in [3.63, 3.8) is 0 Å². The van der Waals surface area contributed by atoms with Crippen molar-refractivity contribution in [2.75, 3.05) is 14.1 Å². The summed E-state index contributed by atoms with van der Waals surface area (Å²) in [5.74, 6) is 0.0606. The van der Waals surface area contributed by atoms with Gasteiger partial charge in [-0.3, -0.25) is 0 Å². The molecule has 1 aromatic carbocycles. The molecule has 5 heteroatoms. The summed E-state index contributed by atoms with van der Waals surface area (Å²) >= 11 is 0. The first-order valence-corrected chi connectivity index (χ1v) is 6.40. The predicted octanol–water partition coefficient (Wildman–Crippen LogP) is 2.21. The maximum absolute atomic E-state index is 11.0. The lowest BCUT2D eigenvalue weighted by atomic mass is 10.2. The molecule has 19 heavy (non-hydrogen) atoms. The minimum Gasteiger partial charge on any atom is -0.478 e. The Hall–Kier alpha value is -1.88. The van der Waals surface area contributed by atoms with Crippen LogP contribution in [0.4, 0.5) is 0 Å². The van der Waals surface area contributed by atoms with E-state index < -0.39 is 5.97 Å². The van der Waals surface area contributed by atoms with Crippen LogP contribution in [0.5, 0.6) is 0 Å². The lowest BCUT2D eigenvalue weighted by Gasteiger charge is -2.11. The minimum absolute atomic E-state index is 0.282. The zero-order valence-electron chi connectivity index (χ0n) is 11.6. The molecule has 2 rings (SSSR count). The third-order valence-corrected chi connectivity index (χ3v) is 2.98. The number of imidazole rings is 1. The molecular formula is C14H19N3O2. The summed E-state index contributed by atoms with van der Waals surface area (Å²) in [4.78, 5) is 17.6. The van der Waals surface area contributed by atoms with Crippen molar-refractivity contribution in [1.29, 1.82) is 0 Å². The number of aryl methyl sites for hydroxylation is 1. The Morgan fingerprint density at radius 1 is 1.42 bits per heavy atom. The molecule has 0 bridgehead atoms. The highest BCUT2D eigenvalue weighted by Gasteiger charge is 2.13. The lowest BCUT2D eigenvalue weighted by molar-refractivity contribution is 0.0697. The number of hydrogen-bond acceptors (Lipinski definition) is 3. The van der Waals surface area contributed by atoms with Gasteiger partial charge in [0.2, 0.25) is 0 Å². The molecule has 0 saturated carbocycles. The molecule has 5 nitrogen and oxygen atoms in total. The van der Waals surface area contributed by atoms with Gasteiger partial charge in [0.25, 0.3) is 0 Å². The third-order valence-electron chi connectivity index (χ3n) is 2.98. The first-order chi connectivity index (χ1) is 9.02. The standard InChI is InChI=1S/C14H19N3O2/c1-4-7-17-12-6-5-10(14(18)19)8-11(12)15-13(17)9-16(2)3/h5-6,8H,4,7,9H2,1-3H3,(H,18,19). The van der Waals surface area contributed by atoms with Crippen LogP contribution in [0.3, 0.4) is 0 Å². The summed E-state index contributed by atoms with van der Waals surface area (Å²) in [5.41, 5.74) is 2.04. The van der Waals surface area contributed by atoms with Gasteiger partial charge in [0.05, 0.1) is 23.1 Å². The Kier molecular flexibility index (Phi) is 3.85. The monoisotopic (exact) mass is 261 g/mol. The average molecular weight is 261 g/mol. The van der Waals surface area contributed by atoms with Gasteiger partial charge in [0, 0.05) is 6.54 Å². The van der Waals surface area contributed by atoms with Crippen molar-refractivity contribution in [1.82, 2.24) is 14.5 Å². The zero-order chi connectivity index (χ0) is 14.0. The summed E-state index contributed by atoms with van der Waals surface area (Å²) in [5, 5.41) is 9.03. The number of carboxylic acid groups (broad SMARTS) is 1. The number of rotatable bonds is 5. The van der Waals surface area contributed by atoms with E-state index in [1.165, 1.54) is 0 Å². The fourth-order valence-electron chi connectivity index (χ4n) is 2.19. The van der Waals surface area contributed by atoms with E-state index in [0.717, 1.165) is 36.4 Å². The van der Waals surface area contributed by atoms with E-state index in [1.54, 1.807) is 12.1 Å². The van der Waals surface area contributed by atoms with Crippen LogP contribution in [0.15, 0.2) is 18.2 Å². The van der Waals surface area contributed by atoms with Crippen LogP contribution in [0.1, 0.15) is 29.5 Å². The number of fused-ring (bicyclic) bond motifs is 1. The van der Waals surface area contributed by atoms with Gasteiger partial charge in [0.15, 0.2) is 0 Å². The van der Waals surface area contributed by atoms with Crippen LogP contribution < -0.4 is 0 Å². The molecule has 0 spiro atoms. The molecule has 0 unspecified atom stereocenters. The quantitative estimate of drug-likeness (QED) is 0.896. The third kappa shape index (κ3) is 2.76. The summed E-state index contributed by atoms with van der Waals surface area (Å²) in [6, 6.07) is 5.13. The number of nitrogens with zero attached hydrogens (tertiary/aromatic N) is 3. The molecule has 0 fully saturated rings. The SMILES string of the molecule is CCCn1c(CN(C)C)nc2cc(C(=O)O)ccc21. The molecule has 0 saturated heterocycles. The highest BCUT2D eigenvalue weighted by atomic mass is 16.4. The molecule has 1 N–H and O–H groups in total. The molecule has 0 aliphatic carbocycles. The molecule has 1 aromatic heterocycles. The zero-order valence-corrected chi connectivity index (χ0v) is 11.6. The summed E-state index contributed by atoms with van der Waals surface area (Å²) in [7, 11) is 4.00. The topological polar surface area (TPSA) is 58.4 Å². The van der Waals surface area contributed by atoms with Crippen LogP contribution in [-0.4, -0.2) is 39.6 Å². The highest BCUT2D eigenvalue weighted by Crippen LogP contribution is 2.19. The molecule has 0 atom stereocenters. The van der Waals surface area contributed by atoms with Crippen LogP contribution in [-0.2, 0) is 13.1 Å². The second kappa shape index (κ2) is 5.40. The van der Waals surface area contributed by atoms with Gasteiger partial charge in [0.1, 0.15) is 5.82 Å². The van der Waals surface area contributed by atoms with E-state index in [0.29, 0.717) is 0 Å². The van der Waals surface area contributed by atoms with Crippen LogP contribution in [0.2, 0.25) is 0 Å². The Morgan fingerprint density at radius 2 is 2.16 bits per heavy atom. The molecule has 0 radical (unpaired) electrons. The van der Waals surface area contributed by atoms with E-state index in [9.17, 15) is 4.79 Å². The molecule has 0 amide bonds. The first kappa shape index (κ1) is 13.5. The number of hydrogen-bond donors (Lipinski definition) is 1. The Balaban J connectivity index is 2.55. The van der Waals surface area contributed by atoms with Crippen molar-refractivity contribution in [2.45, 2.75) is 26.4 Å². The normalized spacial score (nSPS) is 11.4. The fourth-order valence-corrected chi connectivity index (χ4v) is 2.19. The summed E-state index contributed by atoms with van der Waals surface area (Å²) in [6.45, 7) is 3.76. The Morgan fingerprint density at radius 3 is 2.74 bits per heavy atom. The first-order valence-electron chi connectivity index (χ1n) is 6.40. The summed E-state index contributed by atoms with van der Waals surface area (Å²) in [6.07, 6.45) is 1.02. The molecule has 2 aromatic rings. The maximum Gasteiger partial charge on any atom is 0.335 e. The average Bonchev–Trinajstić information content (AvgIpc) is 2.66. The van der Waals surface area contributed by atoms with Crippen LogP contribution in [0.25, 0.3) is 11.0 Å². The largest absolute Gasteiger partial charge is 0.478 e. The van der Waals surface area contributed by atoms with Crippen molar-refractivity contribution in [3.8, 4) is 0 Å². The Bertz CT molecular complexity index is 602. The van der Waals surface area contributed by atoms with Crippen molar-refractivity contribution < 1.29 is 9.90 Å². The highest BCUT2D eigenvalue weighted by molar-refractivity contribution is 5.92. The van der Waals surface area contributed by atoms with E-state index >= 15 is 0 Å².